The molecule has 0 saturated heterocycles. The Hall–Kier alpha value is -6.17. The van der Waals surface area contributed by atoms with Crippen molar-refractivity contribution in [1.82, 2.24) is 14.5 Å². The van der Waals surface area contributed by atoms with E-state index in [9.17, 15) is 0 Å². The summed E-state index contributed by atoms with van der Waals surface area (Å²) < 4.78 is 22.3. The molecule has 0 radical (unpaired) electrons. The summed E-state index contributed by atoms with van der Waals surface area (Å²) >= 11 is 0. The monoisotopic (exact) mass is 967 g/mol. The predicted octanol–water partition coefficient (Wildman–Crippen LogP) is 14.5. The minimum absolute atomic E-state index is 0. The number of rotatable bonds is 7. The Bertz CT molecular complexity index is 3040. The van der Waals surface area contributed by atoms with Crippen LogP contribution in [0.3, 0.4) is 0 Å². The fraction of sp³-hybridized carbons (Fsp3) is 0.192. The Kier molecular flexibility index (Phi) is 9.91. The zero-order valence-electron chi connectivity index (χ0n) is 34.6. The number of nitrogens with zero attached hydrogens (tertiary/aromatic N) is 4. The summed E-state index contributed by atoms with van der Waals surface area (Å²) in [6.07, 6.45) is 3.77. The van der Waals surface area contributed by atoms with Crippen molar-refractivity contribution < 1.29 is 35.0 Å². The first-order chi connectivity index (χ1) is 28.5. The van der Waals surface area contributed by atoms with Gasteiger partial charge in [-0.15, -0.1) is 41.3 Å². The summed E-state index contributed by atoms with van der Waals surface area (Å²) in [4.78, 5) is 12.0. The maximum atomic E-state index is 6.95. The molecule has 0 N–H and O–H groups in total. The number of ether oxygens (including phenoxy) is 2. The van der Waals surface area contributed by atoms with Gasteiger partial charge in [0.15, 0.2) is 11.5 Å². The molecule has 7 nitrogen and oxygen atoms in total. The van der Waals surface area contributed by atoms with Crippen molar-refractivity contribution in [1.29, 1.82) is 0 Å². The summed E-state index contributed by atoms with van der Waals surface area (Å²) in [5.41, 5.74) is 9.61. The van der Waals surface area contributed by atoms with E-state index in [2.05, 4.69) is 137 Å². The van der Waals surface area contributed by atoms with Crippen molar-refractivity contribution >= 4 is 50.0 Å². The normalized spacial score (nSPS) is 12.5. The van der Waals surface area contributed by atoms with Crippen molar-refractivity contribution in [3.63, 3.8) is 0 Å². The molecule has 0 fully saturated rings. The largest absolute Gasteiger partial charge is 2.00 e. The van der Waals surface area contributed by atoms with Crippen LogP contribution >= 0.6 is 0 Å². The van der Waals surface area contributed by atoms with E-state index in [0.29, 0.717) is 34.4 Å². The van der Waals surface area contributed by atoms with Crippen molar-refractivity contribution in [2.24, 2.45) is 0 Å². The Labute approximate surface area is 364 Å². The molecule has 0 spiro atoms. The van der Waals surface area contributed by atoms with Crippen LogP contribution in [0.25, 0.3) is 49.9 Å². The fourth-order valence-electron chi connectivity index (χ4n) is 8.26. The molecule has 1 aliphatic rings. The Balaban J connectivity index is 0.00000462. The molecule has 5 aromatic carbocycles. The number of hydrogen-bond acceptors (Lipinski definition) is 6. The van der Waals surface area contributed by atoms with E-state index < -0.39 is 0 Å². The van der Waals surface area contributed by atoms with Gasteiger partial charge in [-0.2, -0.15) is 6.07 Å². The molecule has 0 amide bonds. The van der Waals surface area contributed by atoms with Crippen molar-refractivity contribution in [2.45, 2.75) is 65.7 Å². The van der Waals surface area contributed by atoms with Gasteiger partial charge >= 0.3 is 21.1 Å². The molecule has 60 heavy (non-hydrogen) atoms. The summed E-state index contributed by atoms with van der Waals surface area (Å²) in [5.74, 6) is 4.51. The number of anilines is 3. The topological polar surface area (TPSA) is 65.6 Å². The molecule has 300 valence electrons. The van der Waals surface area contributed by atoms with Crippen LogP contribution in [0, 0.1) is 12.1 Å². The molecule has 0 atom stereocenters. The molecule has 0 bridgehead atoms. The Morgan fingerprint density at radius 3 is 2.17 bits per heavy atom. The SMILES string of the molecule is CC(C)c1cccc(C(C)C)c1N1c2ccccc2Oc2c1oc1c(-c3[c-]c(Oc4[c-]c5c(cc4)c4ccccc4n5-c4ccc(C(C)(C)C)cn4)ccc3)nccc21.[Pt+2]. The van der Waals surface area contributed by atoms with Crippen LogP contribution in [-0.2, 0) is 26.5 Å². The van der Waals surface area contributed by atoms with Gasteiger partial charge in [-0.3, -0.25) is 4.90 Å². The van der Waals surface area contributed by atoms with Gasteiger partial charge in [-0.05, 0) is 69.7 Å². The van der Waals surface area contributed by atoms with Gasteiger partial charge < -0.3 is 23.4 Å². The third-order valence-corrected chi connectivity index (χ3v) is 11.3. The summed E-state index contributed by atoms with van der Waals surface area (Å²) in [7, 11) is 0. The number of furan rings is 1. The number of pyridine rings is 2. The third kappa shape index (κ3) is 6.56. The minimum atomic E-state index is -0.000909. The predicted molar refractivity (Wildman–Crippen MR) is 237 cm³/mol. The average Bonchev–Trinajstić information content (AvgIpc) is 3.77. The summed E-state index contributed by atoms with van der Waals surface area (Å²) in [6.45, 7) is 15.5. The van der Waals surface area contributed by atoms with Crippen LogP contribution in [0.2, 0.25) is 0 Å². The number of benzene rings is 5. The van der Waals surface area contributed by atoms with Crippen molar-refractivity contribution in [3.05, 3.63) is 156 Å². The van der Waals surface area contributed by atoms with Crippen LogP contribution in [-0.4, -0.2) is 14.5 Å². The molecule has 4 aromatic heterocycles. The molecule has 0 aliphatic carbocycles. The van der Waals surface area contributed by atoms with E-state index in [0.717, 1.165) is 55.7 Å². The van der Waals surface area contributed by atoms with E-state index in [1.54, 1.807) is 6.20 Å². The van der Waals surface area contributed by atoms with Gasteiger partial charge in [0.25, 0.3) is 0 Å². The first-order valence-corrected chi connectivity index (χ1v) is 20.3. The number of hydrogen-bond donors (Lipinski definition) is 0. The van der Waals surface area contributed by atoms with Crippen molar-refractivity contribution in [2.75, 3.05) is 4.90 Å². The van der Waals surface area contributed by atoms with Crippen LogP contribution in [0.4, 0.5) is 17.3 Å². The van der Waals surface area contributed by atoms with Crippen LogP contribution in [0.5, 0.6) is 23.0 Å². The summed E-state index contributed by atoms with van der Waals surface area (Å²) in [6, 6.07) is 46.3. The number of aromatic nitrogens is 3. The quantitative estimate of drug-likeness (QED) is 0.148. The first-order valence-electron chi connectivity index (χ1n) is 20.3. The molecule has 5 heterocycles. The first kappa shape index (κ1) is 39.3. The van der Waals surface area contributed by atoms with Gasteiger partial charge in [-0.1, -0.05) is 115 Å². The number of para-hydroxylation sites is 4. The molecule has 10 rings (SSSR count). The van der Waals surface area contributed by atoms with E-state index in [1.165, 1.54) is 16.7 Å². The molecule has 9 aromatic rings. The second-order valence-corrected chi connectivity index (χ2v) is 16.9. The minimum Gasteiger partial charge on any atom is -0.503 e. The maximum Gasteiger partial charge on any atom is 2.00 e. The van der Waals surface area contributed by atoms with Crippen molar-refractivity contribution in [3.8, 4) is 40.1 Å². The zero-order valence-corrected chi connectivity index (χ0v) is 36.9. The van der Waals surface area contributed by atoms with Crippen LogP contribution in [0.1, 0.15) is 77.0 Å². The fourth-order valence-corrected chi connectivity index (χ4v) is 8.26. The van der Waals surface area contributed by atoms with Gasteiger partial charge in [0.1, 0.15) is 11.4 Å². The van der Waals surface area contributed by atoms with E-state index in [-0.39, 0.29) is 38.3 Å². The second kappa shape index (κ2) is 15.1. The smallest absolute Gasteiger partial charge is 0.503 e. The maximum absolute atomic E-state index is 6.95. The second-order valence-electron chi connectivity index (χ2n) is 16.9. The summed E-state index contributed by atoms with van der Waals surface area (Å²) in [5, 5.41) is 3.02. The molecular weight excluding hydrogens is 924 g/mol. The van der Waals surface area contributed by atoms with Gasteiger partial charge in [0.05, 0.1) is 16.8 Å². The average molecular weight is 968 g/mol. The zero-order chi connectivity index (χ0) is 40.6. The van der Waals surface area contributed by atoms with E-state index in [4.69, 9.17) is 23.9 Å². The van der Waals surface area contributed by atoms with Crippen LogP contribution < -0.4 is 14.4 Å². The third-order valence-electron chi connectivity index (χ3n) is 11.3. The van der Waals surface area contributed by atoms with Gasteiger partial charge in [0, 0.05) is 35.1 Å². The molecule has 0 saturated carbocycles. The van der Waals surface area contributed by atoms with Crippen LogP contribution in [0.15, 0.2) is 132 Å². The number of fused-ring (bicyclic) bond motifs is 7. The van der Waals surface area contributed by atoms with Gasteiger partial charge in [-0.25, -0.2) is 4.98 Å². The molecule has 8 heteroatoms. The Morgan fingerprint density at radius 2 is 1.42 bits per heavy atom. The Morgan fingerprint density at radius 1 is 0.683 bits per heavy atom. The van der Waals surface area contributed by atoms with E-state index >= 15 is 0 Å². The molecule has 0 unspecified atom stereocenters. The molecule has 1 aliphatic heterocycles. The molecular formula is C52H44N4O3Pt. The standard InChI is InChI=1S/C52H44N4O3.Pt/c1-31(2)37-17-13-18-38(32(3)4)48(37)56-43-20-10-11-21-45(43)58-50-41-26-27-53-47(49(41)59-51(50)56)33-14-12-15-35(28-33)57-36-23-24-40-39-16-8-9-19-42(39)55(44(40)29-36)46-25-22-34(30-54-46)52(5,6)7;/h8-27,30-32H,1-7H3;/q-2;+2. The van der Waals surface area contributed by atoms with Gasteiger partial charge in [0.2, 0.25) is 5.88 Å². The van der Waals surface area contributed by atoms with E-state index in [1.807, 2.05) is 54.7 Å².